The first-order valence-corrected chi connectivity index (χ1v) is 4.99. The molecule has 0 aromatic carbocycles. The first-order chi connectivity index (χ1) is 4.87. The number of ether oxygens (including phenoxy) is 1. The predicted molar refractivity (Wildman–Crippen MR) is 49.0 cm³/mol. The Kier molecular flexibility index (Phi) is 4.26. The zero-order chi connectivity index (χ0) is 9.07. The Bertz CT molecular complexity index is 142. The standard InChI is InChI=1S/C7H13ClO2S/c1-7(2,3)10-6(9)5(8)11-4/h5H,1-4H3. The van der Waals surface area contributed by atoms with E-state index in [1.54, 1.807) is 6.26 Å². The van der Waals surface area contributed by atoms with Crippen LogP contribution in [0.1, 0.15) is 20.8 Å². The third-order valence-corrected chi connectivity index (χ3v) is 2.12. The van der Waals surface area contributed by atoms with Crippen molar-refractivity contribution in [2.45, 2.75) is 31.1 Å². The number of alkyl halides is 1. The maximum absolute atomic E-state index is 11.0. The number of carbonyl (C=O) groups is 1. The van der Waals surface area contributed by atoms with Gasteiger partial charge in [0.15, 0.2) is 4.71 Å². The highest BCUT2D eigenvalue weighted by molar-refractivity contribution is 8.01. The summed E-state index contributed by atoms with van der Waals surface area (Å²) in [6, 6.07) is 0. The fraction of sp³-hybridized carbons (Fsp3) is 0.857. The molecule has 0 heterocycles. The SMILES string of the molecule is CSC(Cl)C(=O)OC(C)(C)C. The molecule has 0 radical (unpaired) electrons. The molecule has 0 fully saturated rings. The molecule has 0 bridgehead atoms. The summed E-state index contributed by atoms with van der Waals surface area (Å²) >= 11 is 6.87. The summed E-state index contributed by atoms with van der Waals surface area (Å²) in [6.07, 6.45) is 1.77. The van der Waals surface area contributed by atoms with Crippen molar-refractivity contribution in [3.63, 3.8) is 0 Å². The monoisotopic (exact) mass is 196 g/mol. The van der Waals surface area contributed by atoms with Crippen LogP contribution in [0.4, 0.5) is 0 Å². The number of hydrogen-bond donors (Lipinski definition) is 0. The zero-order valence-corrected chi connectivity index (χ0v) is 8.75. The van der Waals surface area contributed by atoms with E-state index >= 15 is 0 Å². The van der Waals surface area contributed by atoms with Crippen molar-refractivity contribution in [1.82, 2.24) is 0 Å². The van der Waals surface area contributed by atoms with E-state index in [0.717, 1.165) is 0 Å². The van der Waals surface area contributed by atoms with Crippen molar-refractivity contribution in [3.05, 3.63) is 0 Å². The van der Waals surface area contributed by atoms with Gasteiger partial charge in [0.25, 0.3) is 0 Å². The average molecular weight is 197 g/mol. The Hall–Kier alpha value is 0.110. The van der Waals surface area contributed by atoms with Crippen LogP contribution in [0.5, 0.6) is 0 Å². The molecule has 0 N–H and O–H groups in total. The first-order valence-electron chi connectivity index (χ1n) is 3.26. The lowest BCUT2D eigenvalue weighted by atomic mass is 10.2. The fourth-order valence-electron chi connectivity index (χ4n) is 0.444. The number of carbonyl (C=O) groups excluding carboxylic acids is 1. The van der Waals surface area contributed by atoms with Crippen LogP contribution in [0, 0.1) is 0 Å². The second-order valence-corrected chi connectivity index (χ2v) is 4.72. The summed E-state index contributed by atoms with van der Waals surface area (Å²) in [6.45, 7) is 5.44. The molecule has 0 aliphatic carbocycles. The van der Waals surface area contributed by atoms with Crippen molar-refractivity contribution in [2.75, 3.05) is 6.26 Å². The normalized spacial score (nSPS) is 14.3. The molecule has 1 unspecified atom stereocenters. The molecule has 0 spiro atoms. The lowest BCUT2D eigenvalue weighted by Crippen LogP contribution is -2.27. The number of esters is 1. The molecule has 1 atom stereocenters. The first kappa shape index (κ1) is 11.1. The van der Waals surface area contributed by atoms with Gasteiger partial charge in [0.1, 0.15) is 5.60 Å². The number of thioether (sulfide) groups is 1. The largest absolute Gasteiger partial charge is 0.458 e. The minimum absolute atomic E-state index is 0.369. The average Bonchev–Trinajstić information content (AvgIpc) is 1.82. The molecule has 0 saturated heterocycles. The van der Waals surface area contributed by atoms with Crippen molar-refractivity contribution in [1.29, 1.82) is 0 Å². The maximum Gasteiger partial charge on any atom is 0.334 e. The van der Waals surface area contributed by atoms with Gasteiger partial charge in [-0.3, -0.25) is 0 Å². The Morgan fingerprint density at radius 3 is 2.27 bits per heavy atom. The van der Waals surface area contributed by atoms with Gasteiger partial charge in [-0.15, -0.1) is 11.8 Å². The predicted octanol–water partition coefficient (Wildman–Crippen LogP) is 2.26. The third kappa shape index (κ3) is 5.39. The fourth-order valence-corrected chi connectivity index (χ4v) is 0.729. The van der Waals surface area contributed by atoms with Crippen molar-refractivity contribution in [3.8, 4) is 0 Å². The minimum atomic E-state index is -0.589. The van der Waals surface area contributed by atoms with Crippen molar-refractivity contribution >= 4 is 29.3 Å². The highest BCUT2D eigenvalue weighted by atomic mass is 35.5. The summed E-state index contributed by atoms with van der Waals surface area (Å²) in [5.74, 6) is -0.369. The topological polar surface area (TPSA) is 26.3 Å². The van der Waals surface area contributed by atoms with Crippen LogP contribution in [0.3, 0.4) is 0 Å². The molecule has 0 amide bonds. The van der Waals surface area contributed by atoms with Crippen molar-refractivity contribution < 1.29 is 9.53 Å². The van der Waals surface area contributed by atoms with Crippen LogP contribution >= 0.6 is 23.4 Å². The van der Waals surface area contributed by atoms with E-state index in [0.29, 0.717) is 0 Å². The molecule has 11 heavy (non-hydrogen) atoms. The Balaban J connectivity index is 3.88. The van der Waals surface area contributed by atoms with Crippen molar-refractivity contribution in [2.24, 2.45) is 0 Å². The van der Waals surface area contributed by atoms with Gasteiger partial charge in [0, 0.05) is 0 Å². The van der Waals surface area contributed by atoms with E-state index in [-0.39, 0.29) is 5.97 Å². The number of halogens is 1. The van der Waals surface area contributed by atoms with Gasteiger partial charge in [-0.25, -0.2) is 4.79 Å². The van der Waals surface area contributed by atoms with E-state index in [9.17, 15) is 4.79 Å². The molecular weight excluding hydrogens is 184 g/mol. The number of hydrogen-bond acceptors (Lipinski definition) is 3. The molecule has 0 aromatic rings. The molecule has 0 aromatic heterocycles. The van der Waals surface area contributed by atoms with Crippen LogP contribution in [0.25, 0.3) is 0 Å². The van der Waals surface area contributed by atoms with Gasteiger partial charge in [0.05, 0.1) is 0 Å². The van der Waals surface area contributed by atoms with Gasteiger partial charge in [-0.05, 0) is 27.0 Å². The second-order valence-electron chi connectivity index (χ2n) is 3.09. The quantitative estimate of drug-likeness (QED) is 0.501. The summed E-state index contributed by atoms with van der Waals surface area (Å²) in [7, 11) is 0. The Morgan fingerprint density at radius 2 is 2.00 bits per heavy atom. The van der Waals surface area contributed by atoms with Crippen LogP contribution in [0.2, 0.25) is 0 Å². The molecule has 0 aliphatic rings. The van der Waals surface area contributed by atoms with Crippen LogP contribution in [-0.2, 0) is 9.53 Å². The van der Waals surface area contributed by atoms with Crippen LogP contribution < -0.4 is 0 Å². The smallest absolute Gasteiger partial charge is 0.334 e. The highest BCUT2D eigenvalue weighted by Crippen LogP contribution is 2.17. The van der Waals surface area contributed by atoms with Gasteiger partial charge in [0.2, 0.25) is 0 Å². The minimum Gasteiger partial charge on any atom is -0.458 e. The van der Waals surface area contributed by atoms with E-state index in [1.807, 2.05) is 20.8 Å². The molecule has 2 nitrogen and oxygen atoms in total. The summed E-state index contributed by atoms with van der Waals surface area (Å²) in [5.41, 5.74) is -0.444. The molecule has 0 saturated carbocycles. The van der Waals surface area contributed by atoms with E-state index in [1.165, 1.54) is 11.8 Å². The van der Waals surface area contributed by atoms with Crippen LogP contribution in [-0.4, -0.2) is 22.5 Å². The lowest BCUT2D eigenvalue weighted by Gasteiger charge is -2.20. The lowest BCUT2D eigenvalue weighted by molar-refractivity contribution is -0.152. The van der Waals surface area contributed by atoms with Gasteiger partial charge >= 0.3 is 5.97 Å². The highest BCUT2D eigenvalue weighted by Gasteiger charge is 2.21. The molecular formula is C7H13ClO2S. The van der Waals surface area contributed by atoms with Gasteiger partial charge in [-0.2, -0.15) is 0 Å². The van der Waals surface area contributed by atoms with Crippen LogP contribution in [0.15, 0.2) is 0 Å². The van der Waals surface area contributed by atoms with E-state index < -0.39 is 10.3 Å². The molecule has 66 valence electrons. The maximum atomic E-state index is 11.0. The van der Waals surface area contributed by atoms with Gasteiger partial charge in [-0.1, -0.05) is 11.6 Å². The third-order valence-electron chi connectivity index (χ3n) is 0.799. The number of rotatable bonds is 2. The zero-order valence-electron chi connectivity index (χ0n) is 7.18. The Morgan fingerprint density at radius 1 is 1.55 bits per heavy atom. The molecule has 0 aliphatic heterocycles. The molecule has 4 heteroatoms. The summed E-state index contributed by atoms with van der Waals surface area (Å²) in [4.78, 5) is 11.0. The van der Waals surface area contributed by atoms with E-state index in [4.69, 9.17) is 16.3 Å². The Labute approximate surface area is 76.6 Å². The summed E-state index contributed by atoms with van der Waals surface area (Å²) in [5, 5.41) is 0. The molecule has 0 rings (SSSR count). The second kappa shape index (κ2) is 4.21. The van der Waals surface area contributed by atoms with Gasteiger partial charge < -0.3 is 4.74 Å². The van der Waals surface area contributed by atoms with E-state index in [2.05, 4.69) is 0 Å². The summed E-state index contributed by atoms with van der Waals surface area (Å²) < 4.78 is 4.41.